The van der Waals surface area contributed by atoms with Crippen LogP contribution in [0.1, 0.15) is 39.0 Å². The van der Waals surface area contributed by atoms with E-state index < -0.39 is 72.0 Å². The van der Waals surface area contributed by atoms with Crippen LogP contribution in [0.3, 0.4) is 0 Å². The van der Waals surface area contributed by atoms with E-state index >= 15 is 8.78 Å². The van der Waals surface area contributed by atoms with Gasteiger partial charge in [-0.05, 0) is 19.8 Å². The van der Waals surface area contributed by atoms with Crippen molar-refractivity contribution in [3.05, 3.63) is 12.2 Å². The second-order valence-electron chi connectivity index (χ2n) is 7.62. The standard InChI is InChI=1S/C17H18F10O4/c1-8(2)10(28)30-11-13(18,19)12(16(22,23)24,9-6-4-3-5-7-9)31-15(29,14(11,20)21)17(25,26)27/h9,11,29H,1,3-7H2,2H3. The molecule has 1 aliphatic heterocycles. The maximum Gasteiger partial charge on any atom is 0.449 e. The van der Waals surface area contributed by atoms with Crippen LogP contribution in [0.2, 0.25) is 0 Å². The van der Waals surface area contributed by atoms with Crippen molar-refractivity contribution in [1.82, 2.24) is 0 Å². The zero-order valence-corrected chi connectivity index (χ0v) is 15.8. The predicted octanol–water partition coefficient (Wildman–Crippen LogP) is 4.91. The van der Waals surface area contributed by atoms with Crippen LogP contribution in [0.4, 0.5) is 43.9 Å². The van der Waals surface area contributed by atoms with Crippen LogP contribution in [0.5, 0.6) is 0 Å². The Kier molecular flexibility index (Phi) is 6.21. The maximum absolute atomic E-state index is 15.2. The predicted molar refractivity (Wildman–Crippen MR) is 82.0 cm³/mol. The first-order chi connectivity index (χ1) is 13.8. The van der Waals surface area contributed by atoms with Gasteiger partial charge in [-0.25, -0.2) is 4.79 Å². The molecule has 1 N–H and O–H groups in total. The number of hydrogen-bond donors (Lipinski definition) is 1. The molecule has 0 bridgehead atoms. The van der Waals surface area contributed by atoms with Gasteiger partial charge in [0.25, 0.3) is 0 Å². The van der Waals surface area contributed by atoms with E-state index in [9.17, 15) is 45.0 Å². The lowest BCUT2D eigenvalue weighted by atomic mass is 9.68. The van der Waals surface area contributed by atoms with Gasteiger partial charge in [-0.15, -0.1) is 0 Å². The van der Waals surface area contributed by atoms with Gasteiger partial charge < -0.3 is 14.6 Å². The molecular weight excluding hydrogens is 458 g/mol. The average Bonchev–Trinajstić information content (AvgIpc) is 2.60. The van der Waals surface area contributed by atoms with Crippen LogP contribution in [-0.2, 0) is 14.3 Å². The Hall–Kier alpha value is -1.57. The molecule has 2 aliphatic rings. The molecule has 2 rings (SSSR count). The lowest BCUT2D eigenvalue weighted by Gasteiger charge is -2.58. The van der Waals surface area contributed by atoms with E-state index in [2.05, 4.69) is 16.1 Å². The average molecular weight is 476 g/mol. The Morgan fingerprint density at radius 1 is 0.968 bits per heavy atom. The van der Waals surface area contributed by atoms with Gasteiger partial charge in [0.1, 0.15) is 0 Å². The Morgan fingerprint density at radius 3 is 1.84 bits per heavy atom. The number of esters is 1. The van der Waals surface area contributed by atoms with E-state index in [1.165, 1.54) is 0 Å². The molecule has 1 heterocycles. The summed E-state index contributed by atoms with van der Waals surface area (Å²) in [4.78, 5) is 11.6. The van der Waals surface area contributed by atoms with Gasteiger partial charge in [0.2, 0.25) is 11.7 Å². The molecule has 0 spiro atoms. The molecule has 31 heavy (non-hydrogen) atoms. The van der Waals surface area contributed by atoms with Crippen molar-refractivity contribution in [2.45, 2.75) is 80.7 Å². The third kappa shape index (κ3) is 3.58. The third-order valence-electron chi connectivity index (χ3n) is 5.47. The minimum Gasteiger partial charge on any atom is -0.446 e. The van der Waals surface area contributed by atoms with Gasteiger partial charge in [-0.1, -0.05) is 25.8 Å². The maximum atomic E-state index is 15.2. The van der Waals surface area contributed by atoms with E-state index in [1.54, 1.807) is 0 Å². The molecule has 3 unspecified atom stereocenters. The van der Waals surface area contributed by atoms with Gasteiger partial charge in [-0.2, -0.15) is 43.9 Å². The summed E-state index contributed by atoms with van der Waals surface area (Å²) in [5.41, 5.74) is -6.07. The Labute approximate surface area is 169 Å². The van der Waals surface area contributed by atoms with E-state index in [0.717, 1.165) is 6.92 Å². The van der Waals surface area contributed by atoms with Gasteiger partial charge in [0.15, 0.2) is 0 Å². The summed E-state index contributed by atoms with van der Waals surface area (Å²) in [5, 5.41) is 9.68. The number of carbonyl (C=O) groups excluding carboxylic acids is 1. The minimum absolute atomic E-state index is 0.140. The zero-order valence-electron chi connectivity index (χ0n) is 15.8. The largest absolute Gasteiger partial charge is 0.449 e. The molecule has 14 heteroatoms. The van der Waals surface area contributed by atoms with Crippen molar-refractivity contribution in [2.75, 3.05) is 0 Å². The summed E-state index contributed by atoms with van der Waals surface area (Å²) in [6.07, 6.45) is -19.2. The quantitative estimate of drug-likeness (QED) is 0.358. The highest BCUT2D eigenvalue weighted by atomic mass is 19.4. The molecule has 180 valence electrons. The number of hydrogen-bond acceptors (Lipinski definition) is 4. The summed E-state index contributed by atoms with van der Waals surface area (Å²) in [6.45, 7) is 3.62. The lowest BCUT2D eigenvalue weighted by Crippen LogP contribution is -2.84. The fraction of sp³-hybridized carbons (Fsp3) is 0.824. The van der Waals surface area contributed by atoms with Crippen LogP contribution >= 0.6 is 0 Å². The summed E-state index contributed by atoms with van der Waals surface area (Å²) in [7, 11) is 0. The van der Waals surface area contributed by atoms with Crippen molar-refractivity contribution < 1.29 is 63.3 Å². The smallest absolute Gasteiger partial charge is 0.446 e. The fourth-order valence-electron chi connectivity index (χ4n) is 3.91. The highest BCUT2D eigenvalue weighted by molar-refractivity contribution is 5.87. The van der Waals surface area contributed by atoms with Crippen molar-refractivity contribution in [1.29, 1.82) is 0 Å². The van der Waals surface area contributed by atoms with Gasteiger partial charge in [0, 0.05) is 11.5 Å². The van der Waals surface area contributed by atoms with Gasteiger partial charge >= 0.3 is 36.0 Å². The third-order valence-corrected chi connectivity index (χ3v) is 5.47. The van der Waals surface area contributed by atoms with Crippen LogP contribution in [-0.4, -0.2) is 52.8 Å². The lowest BCUT2D eigenvalue weighted by molar-refractivity contribution is -0.547. The Morgan fingerprint density at radius 2 is 1.45 bits per heavy atom. The second-order valence-corrected chi connectivity index (χ2v) is 7.62. The van der Waals surface area contributed by atoms with Crippen LogP contribution in [0.15, 0.2) is 12.2 Å². The van der Waals surface area contributed by atoms with Crippen LogP contribution in [0.25, 0.3) is 0 Å². The van der Waals surface area contributed by atoms with E-state index in [4.69, 9.17) is 0 Å². The first-order valence-electron chi connectivity index (χ1n) is 8.95. The molecule has 0 radical (unpaired) electrons. The number of rotatable bonds is 3. The molecule has 1 saturated carbocycles. The van der Waals surface area contributed by atoms with E-state index in [0.29, 0.717) is 0 Å². The normalized spacial score (nSPS) is 34.3. The van der Waals surface area contributed by atoms with Gasteiger partial charge in [0.05, 0.1) is 0 Å². The minimum atomic E-state index is -6.67. The first kappa shape index (κ1) is 25.7. The zero-order chi connectivity index (χ0) is 24.3. The molecule has 0 aromatic rings. The van der Waals surface area contributed by atoms with E-state index in [1.807, 2.05) is 0 Å². The SMILES string of the molecule is C=C(C)C(=O)OC1C(F)(F)C(O)(C(F)(F)F)OC(C2CCCCC2)(C(F)(F)F)C1(F)F. The van der Waals surface area contributed by atoms with E-state index in [-0.39, 0.29) is 19.3 Å². The highest BCUT2D eigenvalue weighted by Gasteiger charge is 2.92. The van der Waals surface area contributed by atoms with Crippen molar-refractivity contribution >= 4 is 5.97 Å². The van der Waals surface area contributed by atoms with Crippen molar-refractivity contribution in [2.24, 2.45) is 5.92 Å². The molecule has 3 atom stereocenters. The van der Waals surface area contributed by atoms with Crippen LogP contribution in [0, 0.1) is 5.92 Å². The molecule has 0 amide bonds. The summed E-state index contributed by atoms with van der Waals surface area (Å²) >= 11 is 0. The van der Waals surface area contributed by atoms with Gasteiger partial charge in [-0.3, -0.25) is 0 Å². The topological polar surface area (TPSA) is 55.8 Å². The number of carbonyl (C=O) groups is 1. The molecule has 0 aromatic heterocycles. The Bertz CT molecular complexity index is 725. The first-order valence-corrected chi connectivity index (χ1v) is 8.95. The number of halogens is 10. The molecular formula is C17H18F10O4. The Balaban J connectivity index is 2.86. The second kappa shape index (κ2) is 7.49. The highest BCUT2D eigenvalue weighted by Crippen LogP contribution is 2.65. The van der Waals surface area contributed by atoms with Crippen molar-refractivity contribution in [3.8, 4) is 0 Å². The van der Waals surface area contributed by atoms with Crippen LogP contribution < -0.4 is 0 Å². The number of aliphatic hydroxyl groups is 1. The molecule has 0 aromatic carbocycles. The molecule has 4 nitrogen and oxygen atoms in total. The molecule has 2 fully saturated rings. The number of ether oxygens (including phenoxy) is 2. The summed E-state index contributed by atoms with van der Waals surface area (Å²) in [5.74, 6) is -22.7. The fourth-order valence-corrected chi connectivity index (χ4v) is 3.91. The molecule has 1 saturated heterocycles. The molecule has 1 aliphatic carbocycles. The summed E-state index contributed by atoms with van der Waals surface area (Å²) < 4.78 is 149. The monoisotopic (exact) mass is 476 g/mol. The van der Waals surface area contributed by atoms with Crippen molar-refractivity contribution in [3.63, 3.8) is 0 Å². The number of alkyl halides is 10. The summed E-state index contributed by atoms with van der Waals surface area (Å²) in [6, 6.07) is 0.